The lowest BCUT2D eigenvalue weighted by Gasteiger charge is -2.42. The maximum absolute atomic E-state index is 12.9. The van der Waals surface area contributed by atoms with Crippen LogP contribution in [0.3, 0.4) is 0 Å². The highest BCUT2D eigenvalue weighted by Crippen LogP contribution is 2.54. The minimum absolute atomic E-state index is 0.0242. The number of hydrogen-bond acceptors (Lipinski definition) is 2. The molecular formula is C25H36N2O3. The molecule has 1 atom stereocenters. The Morgan fingerprint density at radius 2 is 1.83 bits per heavy atom. The monoisotopic (exact) mass is 412 g/mol. The van der Waals surface area contributed by atoms with Gasteiger partial charge in [0.05, 0.1) is 5.54 Å². The average Bonchev–Trinajstić information content (AvgIpc) is 2.91. The predicted octanol–water partition coefficient (Wildman–Crippen LogP) is 5.45. The number of urea groups is 1. The smallest absolute Gasteiger partial charge is 0.322 e. The molecule has 30 heavy (non-hydrogen) atoms. The maximum atomic E-state index is 12.9. The number of rotatable bonds is 7. The number of aliphatic carboxylic acids is 1. The van der Waals surface area contributed by atoms with Crippen molar-refractivity contribution in [2.24, 2.45) is 10.8 Å². The summed E-state index contributed by atoms with van der Waals surface area (Å²) < 4.78 is 0. The van der Waals surface area contributed by atoms with Crippen molar-refractivity contribution in [3.05, 3.63) is 47.2 Å². The van der Waals surface area contributed by atoms with Gasteiger partial charge in [0.15, 0.2) is 0 Å². The minimum atomic E-state index is -0.831. The molecule has 1 unspecified atom stereocenters. The van der Waals surface area contributed by atoms with Crippen LogP contribution in [0.4, 0.5) is 4.79 Å². The van der Waals surface area contributed by atoms with Crippen LogP contribution in [0.5, 0.6) is 0 Å². The number of amides is 2. The fourth-order valence-corrected chi connectivity index (χ4v) is 4.64. The van der Waals surface area contributed by atoms with Crippen molar-refractivity contribution in [3.8, 4) is 0 Å². The van der Waals surface area contributed by atoms with Crippen LogP contribution in [0.25, 0.3) is 0 Å². The lowest BCUT2D eigenvalue weighted by Crippen LogP contribution is -2.54. The van der Waals surface area contributed by atoms with Gasteiger partial charge in [0.2, 0.25) is 0 Å². The summed E-state index contributed by atoms with van der Waals surface area (Å²) in [5.74, 6) is -0.831. The number of nitrogens with one attached hydrogen (secondary N) is 1. The lowest BCUT2D eigenvalue weighted by molar-refractivity contribution is -0.137. The average molecular weight is 413 g/mol. The summed E-state index contributed by atoms with van der Waals surface area (Å²) in [7, 11) is 0. The first-order chi connectivity index (χ1) is 13.9. The zero-order valence-corrected chi connectivity index (χ0v) is 19.0. The molecule has 0 aromatic heterocycles. The summed E-state index contributed by atoms with van der Waals surface area (Å²) >= 11 is 0. The van der Waals surface area contributed by atoms with Gasteiger partial charge < -0.3 is 15.3 Å². The van der Waals surface area contributed by atoms with Crippen LogP contribution in [0, 0.1) is 10.8 Å². The SMILES string of the molecule is CC(C)(C)CCc1ccc(C23CCC(C)(C)C2=CN(CCCC(=O)O)C(=O)N3)cc1. The van der Waals surface area contributed by atoms with Gasteiger partial charge in [-0.2, -0.15) is 0 Å². The van der Waals surface area contributed by atoms with Gasteiger partial charge in [0.1, 0.15) is 0 Å². The summed E-state index contributed by atoms with van der Waals surface area (Å²) in [4.78, 5) is 25.4. The third-order valence-corrected chi connectivity index (χ3v) is 6.58. The number of carbonyl (C=O) groups excluding carboxylic acids is 1. The molecule has 0 bridgehead atoms. The van der Waals surface area contributed by atoms with Gasteiger partial charge in [-0.15, -0.1) is 0 Å². The van der Waals surface area contributed by atoms with Gasteiger partial charge in [-0.1, -0.05) is 58.9 Å². The molecule has 1 heterocycles. The molecule has 1 aromatic carbocycles. The number of aryl methyl sites for hydroxylation is 1. The Kier molecular flexibility index (Phi) is 6.03. The van der Waals surface area contributed by atoms with Crippen LogP contribution < -0.4 is 5.32 Å². The number of carboxylic acids is 1. The van der Waals surface area contributed by atoms with Crippen LogP contribution in [-0.2, 0) is 16.8 Å². The van der Waals surface area contributed by atoms with E-state index in [0.29, 0.717) is 18.4 Å². The Morgan fingerprint density at radius 1 is 1.17 bits per heavy atom. The summed E-state index contributed by atoms with van der Waals surface area (Å²) in [5, 5.41) is 12.2. The molecule has 1 aliphatic heterocycles. The quantitative estimate of drug-likeness (QED) is 0.625. The highest BCUT2D eigenvalue weighted by molar-refractivity contribution is 5.80. The molecule has 2 N–H and O–H groups in total. The van der Waals surface area contributed by atoms with Gasteiger partial charge in [0.25, 0.3) is 0 Å². The van der Waals surface area contributed by atoms with Crippen molar-refractivity contribution in [2.75, 3.05) is 6.54 Å². The number of hydrogen-bond donors (Lipinski definition) is 2. The van der Waals surface area contributed by atoms with Gasteiger partial charge in [-0.25, -0.2) is 4.79 Å². The van der Waals surface area contributed by atoms with E-state index < -0.39 is 11.5 Å². The number of carboxylic acid groups (broad SMARTS) is 1. The van der Waals surface area contributed by atoms with E-state index >= 15 is 0 Å². The zero-order chi connectivity index (χ0) is 22.2. The molecule has 0 spiro atoms. The van der Waals surface area contributed by atoms with Crippen molar-refractivity contribution in [2.45, 2.75) is 78.7 Å². The second-order valence-corrected chi connectivity index (χ2v) is 10.7. The maximum Gasteiger partial charge on any atom is 0.322 e. The third-order valence-electron chi connectivity index (χ3n) is 6.58. The van der Waals surface area contributed by atoms with Crippen molar-refractivity contribution in [3.63, 3.8) is 0 Å². The van der Waals surface area contributed by atoms with E-state index in [2.05, 4.69) is 64.2 Å². The normalized spacial score (nSPS) is 23.0. The Labute approximate surface area is 180 Å². The van der Waals surface area contributed by atoms with E-state index in [9.17, 15) is 9.59 Å². The van der Waals surface area contributed by atoms with Crippen molar-refractivity contribution >= 4 is 12.0 Å². The Balaban J connectivity index is 1.86. The van der Waals surface area contributed by atoms with Crippen molar-refractivity contribution in [1.82, 2.24) is 10.2 Å². The summed E-state index contributed by atoms with van der Waals surface area (Å²) in [6, 6.07) is 8.61. The van der Waals surface area contributed by atoms with Gasteiger partial charge >= 0.3 is 12.0 Å². The summed E-state index contributed by atoms with van der Waals surface area (Å²) in [6.45, 7) is 11.7. The molecule has 1 fully saturated rings. The van der Waals surface area contributed by atoms with E-state index in [1.54, 1.807) is 4.90 Å². The molecule has 0 saturated heterocycles. The van der Waals surface area contributed by atoms with Crippen LogP contribution >= 0.6 is 0 Å². The topological polar surface area (TPSA) is 69.6 Å². The van der Waals surface area contributed by atoms with Gasteiger partial charge in [-0.3, -0.25) is 4.79 Å². The number of benzene rings is 1. The van der Waals surface area contributed by atoms with Crippen LogP contribution in [0.2, 0.25) is 0 Å². The standard InChI is InChI=1S/C25H36N2O3/c1-23(2,3)13-12-18-8-10-19(11-9-18)25-15-14-24(4,5)20(25)17-27(22(30)26-25)16-6-7-21(28)29/h8-11,17H,6-7,12-16H2,1-5H3,(H,26,30)(H,28,29). The van der Waals surface area contributed by atoms with Gasteiger partial charge in [-0.05, 0) is 59.6 Å². The number of fused-ring (bicyclic) bond motifs is 1. The van der Waals surface area contributed by atoms with E-state index in [0.717, 1.165) is 31.2 Å². The largest absolute Gasteiger partial charge is 0.481 e. The molecule has 1 aromatic rings. The van der Waals surface area contributed by atoms with Crippen LogP contribution in [0.15, 0.2) is 36.0 Å². The molecule has 5 heteroatoms. The Morgan fingerprint density at radius 3 is 2.43 bits per heavy atom. The van der Waals surface area contributed by atoms with Crippen molar-refractivity contribution < 1.29 is 14.7 Å². The number of carbonyl (C=O) groups is 2. The van der Waals surface area contributed by atoms with Crippen LogP contribution in [0.1, 0.15) is 77.8 Å². The highest BCUT2D eigenvalue weighted by Gasteiger charge is 2.52. The fourth-order valence-electron chi connectivity index (χ4n) is 4.64. The van der Waals surface area contributed by atoms with E-state index in [-0.39, 0.29) is 17.9 Å². The molecule has 5 nitrogen and oxygen atoms in total. The highest BCUT2D eigenvalue weighted by atomic mass is 16.4. The summed E-state index contributed by atoms with van der Waals surface area (Å²) in [6.07, 6.45) is 6.56. The first-order valence-corrected chi connectivity index (χ1v) is 11.1. The second kappa shape index (κ2) is 8.09. The summed E-state index contributed by atoms with van der Waals surface area (Å²) in [5.41, 5.74) is 3.50. The first-order valence-electron chi connectivity index (χ1n) is 11.1. The molecular weight excluding hydrogens is 376 g/mol. The Bertz CT molecular complexity index is 833. The van der Waals surface area contributed by atoms with Crippen LogP contribution in [-0.4, -0.2) is 28.6 Å². The van der Waals surface area contributed by atoms with E-state index in [4.69, 9.17) is 5.11 Å². The van der Waals surface area contributed by atoms with Crippen molar-refractivity contribution in [1.29, 1.82) is 0 Å². The molecule has 2 aliphatic rings. The molecule has 164 valence electrons. The lowest BCUT2D eigenvalue weighted by atomic mass is 9.77. The fraction of sp³-hybridized carbons (Fsp3) is 0.600. The minimum Gasteiger partial charge on any atom is -0.481 e. The molecule has 3 rings (SSSR count). The van der Waals surface area contributed by atoms with E-state index in [1.165, 1.54) is 11.1 Å². The first kappa shape index (κ1) is 22.4. The molecule has 2 amide bonds. The molecule has 1 saturated carbocycles. The molecule has 0 radical (unpaired) electrons. The zero-order valence-electron chi connectivity index (χ0n) is 19.0. The number of nitrogens with zero attached hydrogens (tertiary/aromatic N) is 1. The predicted molar refractivity (Wildman–Crippen MR) is 119 cm³/mol. The van der Waals surface area contributed by atoms with Gasteiger partial charge in [0, 0.05) is 19.2 Å². The molecule has 1 aliphatic carbocycles. The Hall–Kier alpha value is -2.30. The third kappa shape index (κ3) is 4.71. The second-order valence-electron chi connectivity index (χ2n) is 10.7. The van der Waals surface area contributed by atoms with E-state index in [1.807, 2.05) is 6.20 Å².